The highest BCUT2D eigenvalue weighted by molar-refractivity contribution is 7.00. The number of hydrogen-bond donors (Lipinski definition) is 0. The fraction of sp³-hybridized carbons (Fsp3) is 0.0930. The minimum Gasteiger partial charge on any atom is -0.456 e. The summed E-state index contributed by atoms with van der Waals surface area (Å²) in [4.78, 5) is 4.55. The average Bonchev–Trinajstić information content (AvgIpc) is 0.872. The maximum absolute atomic E-state index is 9.73. The van der Waals surface area contributed by atoms with Crippen molar-refractivity contribution in [1.82, 2.24) is 4.57 Å². The van der Waals surface area contributed by atoms with Gasteiger partial charge in [-0.2, -0.15) is 0 Å². The number of rotatable bonds is 7. The van der Waals surface area contributed by atoms with Gasteiger partial charge in [-0.1, -0.05) is 241 Å². The van der Waals surface area contributed by atoms with Crippen LogP contribution in [0.25, 0.3) is 116 Å². The topological polar surface area (TPSA) is 37.7 Å². The lowest BCUT2D eigenvalue weighted by atomic mass is 9.33. The molecular formula is C86H64BN3O2. The van der Waals surface area contributed by atoms with Crippen LogP contribution in [-0.2, 0) is 10.8 Å². The van der Waals surface area contributed by atoms with E-state index in [2.05, 4.69) is 136 Å². The van der Waals surface area contributed by atoms with E-state index in [9.17, 15) is 11.0 Å². The number of anilines is 6. The Hall–Kier alpha value is -11.1. The SMILES string of the molecule is [2H]c1c([2H])c([2H])c(-c2ccc3c(c2)N(c2cccc4c2oc2c(-c5ccc6oc7ccccc7c6c5)cccc24)c2cc(C(C)(C)C)cc4c2B3c2ccc(-n3c5c([2H])c([2H])c([2H])c([2H])c5c5c([2H])c([2H])c([2H])c([2H])c53)cc2N4c2c(-c3ccccc3)cc(C(C)(C)C)cc2-c2ccccc2)c([2H])c1[2H]. The Balaban J connectivity index is 1.00. The molecule has 6 heteroatoms. The van der Waals surface area contributed by atoms with Crippen LogP contribution >= 0.6 is 0 Å². The lowest BCUT2D eigenvalue weighted by Crippen LogP contribution is -2.61. The molecule has 0 aliphatic carbocycles. The highest BCUT2D eigenvalue weighted by Crippen LogP contribution is 2.54. The summed E-state index contributed by atoms with van der Waals surface area (Å²) in [6.45, 7) is 12.5. The van der Waals surface area contributed by atoms with Gasteiger partial charge in [0.1, 0.15) is 16.7 Å². The van der Waals surface area contributed by atoms with Crippen LogP contribution in [0.2, 0.25) is 0 Å². The van der Waals surface area contributed by atoms with Crippen LogP contribution in [0.4, 0.5) is 34.1 Å². The number of fused-ring (bicyclic) bond motifs is 13. The summed E-state index contributed by atoms with van der Waals surface area (Å²) in [6, 6.07) is 61.8. The molecule has 3 aromatic heterocycles. The Bertz CT molecular complexity index is 6340. The fourth-order valence-corrected chi connectivity index (χ4v) is 14.4. The zero-order valence-corrected chi connectivity index (χ0v) is 51.3. The van der Waals surface area contributed by atoms with Crippen LogP contribution in [0, 0.1) is 0 Å². The molecular weight excluding hydrogens is 1120 g/mol. The molecule has 0 bridgehead atoms. The lowest BCUT2D eigenvalue weighted by molar-refractivity contribution is 0.590. The molecule has 0 atom stereocenters. The minimum absolute atomic E-state index is 0.0224. The molecule has 18 rings (SSSR count). The Morgan fingerprint density at radius 1 is 0.348 bits per heavy atom. The van der Waals surface area contributed by atoms with Gasteiger partial charge < -0.3 is 23.2 Å². The molecule has 0 saturated heterocycles. The van der Waals surface area contributed by atoms with Gasteiger partial charge in [0.05, 0.1) is 40.2 Å². The van der Waals surface area contributed by atoms with Gasteiger partial charge in [-0.05, 0) is 145 Å². The van der Waals surface area contributed by atoms with Crippen LogP contribution in [0.3, 0.4) is 0 Å². The Kier molecular flexibility index (Phi) is 9.23. The first-order valence-corrected chi connectivity index (χ1v) is 31.1. The first-order valence-electron chi connectivity index (χ1n) is 37.6. The molecule has 13 aromatic carbocycles. The maximum atomic E-state index is 9.73. The summed E-state index contributed by atoms with van der Waals surface area (Å²) in [5.41, 5.74) is 16.7. The lowest BCUT2D eigenvalue weighted by Gasteiger charge is -2.46. The molecule has 2 aliphatic rings. The van der Waals surface area contributed by atoms with Crippen molar-refractivity contribution >= 4 is 123 Å². The second-order valence-electron chi connectivity index (χ2n) is 26.2. The summed E-state index contributed by atoms with van der Waals surface area (Å²) >= 11 is 0. The Labute approximate surface area is 554 Å². The molecule has 92 heavy (non-hydrogen) atoms. The van der Waals surface area contributed by atoms with Crippen molar-refractivity contribution in [2.45, 2.75) is 52.4 Å². The zero-order valence-electron chi connectivity index (χ0n) is 64.3. The average molecular weight is 1200 g/mol. The van der Waals surface area contributed by atoms with E-state index < -0.39 is 78.6 Å². The van der Waals surface area contributed by atoms with E-state index in [-0.39, 0.29) is 44.9 Å². The van der Waals surface area contributed by atoms with Crippen LogP contribution in [0.15, 0.2) is 288 Å². The highest BCUT2D eigenvalue weighted by atomic mass is 16.3. The first-order chi connectivity index (χ1) is 50.3. The molecule has 0 spiro atoms. The third kappa shape index (κ3) is 8.26. The molecule has 5 heterocycles. The van der Waals surface area contributed by atoms with Gasteiger partial charge >= 0.3 is 0 Å². The number of para-hydroxylation sites is 5. The third-order valence-corrected chi connectivity index (χ3v) is 18.8. The van der Waals surface area contributed by atoms with Crippen molar-refractivity contribution in [3.63, 3.8) is 0 Å². The van der Waals surface area contributed by atoms with Crippen molar-refractivity contribution in [3.05, 3.63) is 290 Å². The molecule has 0 fully saturated rings. The molecule has 2 aliphatic heterocycles. The van der Waals surface area contributed by atoms with Crippen LogP contribution in [0.5, 0.6) is 0 Å². The smallest absolute Gasteiger partial charge is 0.252 e. The van der Waals surface area contributed by atoms with Crippen molar-refractivity contribution in [1.29, 1.82) is 0 Å². The van der Waals surface area contributed by atoms with Crippen LogP contribution < -0.4 is 26.2 Å². The first kappa shape index (κ1) is 42.0. The number of nitrogens with zero attached hydrogens (tertiary/aromatic N) is 3. The monoisotopic (exact) mass is 1190 g/mol. The van der Waals surface area contributed by atoms with Gasteiger partial charge in [-0.25, -0.2) is 0 Å². The van der Waals surface area contributed by atoms with Crippen LogP contribution in [0.1, 0.15) is 70.5 Å². The normalized spacial score (nSPS) is 15.0. The minimum atomic E-state index is -0.665. The number of furan rings is 2. The van der Waals surface area contributed by atoms with E-state index in [0.29, 0.717) is 39.5 Å². The van der Waals surface area contributed by atoms with E-state index in [4.69, 9.17) is 15.7 Å². The highest BCUT2D eigenvalue weighted by Gasteiger charge is 2.46. The van der Waals surface area contributed by atoms with Gasteiger partial charge in [0, 0.05) is 77.4 Å². The molecule has 0 radical (unpaired) electrons. The van der Waals surface area contributed by atoms with E-state index >= 15 is 0 Å². The molecule has 16 aromatic rings. The zero-order chi connectivity index (χ0) is 73.0. The summed E-state index contributed by atoms with van der Waals surface area (Å²) in [7, 11) is 0. The van der Waals surface area contributed by atoms with Gasteiger partial charge in [-0.3, -0.25) is 0 Å². The molecule has 0 unspecified atom stereocenters. The van der Waals surface area contributed by atoms with Gasteiger partial charge in [0.15, 0.2) is 5.58 Å². The third-order valence-electron chi connectivity index (χ3n) is 18.8. The van der Waals surface area contributed by atoms with Crippen molar-refractivity contribution < 1.29 is 26.7 Å². The van der Waals surface area contributed by atoms with Gasteiger partial charge in [0.25, 0.3) is 6.71 Å². The van der Waals surface area contributed by atoms with E-state index in [1.165, 1.54) is 0 Å². The summed E-state index contributed by atoms with van der Waals surface area (Å²) in [5, 5.41) is 3.58. The largest absolute Gasteiger partial charge is 0.456 e. The molecule has 0 N–H and O–H groups in total. The van der Waals surface area contributed by atoms with E-state index in [1.807, 2.05) is 115 Å². The number of benzene rings is 13. The molecule has 0 saturated carbocycles. The number of hydrogen-bond acceptors (Lipinski definition) is 4. The quantitative estimate of drug-likeness (QED) is 0.149. The Morgan fingerprint density at radius 3 is 1.59 bits per heavy atom. The molecule has 438 valence electrons. The van der Waals surface area contributed by atoms with E-state index in [1.54, 1.807) is 4.57 Å². The Morgan fingerprint density at radius 2 is 0.902 bits per heavy atom. The van der Waals surface area contributed by atoms with Crippen molar-refractivity contribution in [2.75, 3.05) is 9.80 Å². The summed E-state index contributed by atoms with van der Waals surface area (Å²) in [6.07, 6.45) is 0. The predicted molar refractivity (Wildman–Crippen MR) is 389 cm³/mol. The van der Waals surface area contributed by atoms with Gasteiger partial charge in [0.2, 0.25) is 0 Å². The second-order valence-corrected chi connectivity index (χ2v) is 26.2. The standard InChI is InChI=1S/C86H64BN3O2/c1-85(2,3)58-48-67(54-26-12-8-13-27-54)82(68(49-58)55-28-14-9-15-29-55)90-76-52-60(88-72-36-19-16-30-62(72)63-31-17-20-37-73(63)88)42-44-71(76)87-70-43-40-56(53-24-10-7-11-25-53)47-75(70)89(77-50-59(86(4,5)6)51-78(90)81(77)87)74-38-23-35-66-65-34-22-33-61(83(65)92-84(66)74)57-41-45-80-69(46-57)64-32-18-21-39-79(64)91-80/h7-52H,1-6H3/i7D,10D,11D,16D,17D,19D,20D,24D,25D,30D,31D,36D,37D. The number of aromatic nitrogens is 1. The predicted octanol–water partition coefficient (Wildman–Crippen LogP) is 21.9. The van der Waals surface area contributed by atoms with E-state index in [0.717, 1.165) is 111 Å². The molecule has 5 nitrogen and oxygen atoms in total. The summed E-state index contributed by atoms with van der Waals surface area (Å²) in [5.74, 6) is 0. The summed E-state index contributed by atoms with van der Waals surface area (Å²) < 4.78 is 136. The maximum Gasteiger partial charge on any atom is 0.252 e. The molecule has 0 amide bonds. The van der Waals surface area contributed by atoms with Crippen LogP contribution in [-0.4, -0.2) is 11.3 Å². The van der Waals surface area contributed by atoms with Gasteiger partial charge in [-0.15, -0.1) is 0 Å². The fourth-order valence-electron chi connectivity index (χ4n) is 14.4. The van der Waals surface area contributed by atoms with Crippen molar-refractivity contribution in [3.8, 4) is 50.2 Å². The second kappa shape index (κ2) is 20.2. The van der Waals surface area contributed by atoms with Crippen molar-refractivity contribution in [2.24, 2.45) is 0 Å².